The minimum Gasteiger partial charge on any atom is -0.469 e. The van der Waals surface area contributed by atoms with Crippen molar-refractivity contribution in [3.05, 3.63) is 23.8 Å². The van der Waals surface area contributed by atoms with Crippen LogP contribution < -0.4 is 9.80 Å². The molecule has 124 valence electrons. The first-order valence-corrected chi connectivity index (χ1v) is 7.91. The van der Waals surface area contributed by atoms with Gasteiger partial charge in [0.05, 0.1) is 26.2 Å². The summed E-state index contributed by atoms with van der Waals surface area (Å²) >= 11 is 0. The number of aryl methyl sites for hydroxylation is 1. The molecule has 6 heteroatoms. The quantitative estimate of drug-likeness (QED) is 0.788. The van der Waals surface area contributed by atoms with Crippen LogP contribution in [0.15, 0.2) is 18.2 Å². The molecule has 1 amide bonds. The maximum atomic E-state index is 12.2. The number of carbonyl (C=O) groups excluding carboxylic acids is 2. The van der Waals surface area contributed by atoms with E-state index in [0.717, 1.165) is 37.6 Å². The molecule has 1 aromatic carbocycles. The van der Waals surface area contributed by atoms with Gasteiger partial charge >= 0.3 is 5.97 Å². The zero-order valence-electron chi connectivity index (χ0n) is 13.6. The molecule has 2 aliphatic heterocycles. The van der Waals surface area contributed by atoms with E-state index < -0.39 is 0 Å². The summed E-state index contributed by atoms with van der Waals surface area (Å²) in [6.45, 7) is 5.69. The average molecular weight is 318 g/mol. The van der Waals surface area contributed by atoms with Crippen molar-refractivity contribution in [1.29, 1.82) is 0 Å². The highest BCUT2D eigenvalue weighted by atomic mass is 16.5. The number of carbonyl (C=O) groups is 2. The Bertz CT molecular complexity index is 611. The number of esters is 1. The molecular formula is C17H22N2O4. The van der Waals surface area contributed by atoms with Gasteiger partial charge in [-0.3, -0.25) is 9.59 Å². The highest BCUT2D eigenvalue weighted by Gasteiger charge is 2.35. The van der Waals surface area contributed by atoms with Crippen molar-refractivity contribution in [1.82, 2.24) is 0 Å². The largest absolute Gasteiger partial charge is 0.469 e. The predicted octanol–water partition coefficient (Wildman–Crippen LogP) is 1.36. The van der Waals surface area contributed by atoms with Crippen LogP contribution in [0.25, 0.3) is 0 Å². The van der Waals surface area contributed by atoms with Crippen LogP contribution in [0.4, 0.5) is 11.4 Å². The van der Waals surface area contributed by atoms with Gasteiger partial charge in [0.1, 0.15) is 0 Å². The Kier molecular flexibility index (Phi) is 4.52. The minimum absolute atomic E-state index is 0.0288. The van der Waals surface area contributed by atoms with E-state index in [1.54, 1.807) is 4.90 Å². The molecule has 1 atom stereocenters. The third-order valence-electron chi connectivity index (χ3n) is 4.50. The van der Waals surface area contributed by atoms with Crippen molar-refractivity contribution in [3.63, 3.8) is 0 Å². The topological polar surface area (TPSA) is 59.1 Å². The summed E-state index contributed by atoms with van der Waals surface area (Å²) in [6, 6.07) is 6.02. The number of rotatable bonds is 3. The normalized spacial score (nSPS) is 21.7. The molecule has 2 saturated heterocycles. The van der Waals surface area contributed by atoms with Gasteiger partial charge in [0.15, 0.2) is 0 Å². The Morgan fingerprint density at radius 2 is 2.04 bits per heavy atom. The van der Waals surface area contributed by atoms with Gasteiger partial charge in [-0.2, -0.15) is 0 Å². The Morgan fingerprint density at radius 1 is 1.30 bits per heavy atom. The molecule has 23 heavy (non-hydrogen) atoms. The van der Waals surface area contributed by atoms with Crippen LogP contribution >= 0.6 is 0 Å². The number of nitrogens with zero attached hydrogens (tertiary/aromatic N) is 2. The molecule has 6 nitrogen and oxygen atoms in total. The fourth-order valence-corrected chi connectivity index (χ4v) is 3.25. The summed E-state index contributed by atoms with van der Waals surface area (Å²) in [7, 11) is 1.36. The number of benzene rings is 1. The molecule has 1 unspecified atom stereocenters. The maximum absolute atomic E-state index is 12.2. The summed E-state index contributed by atoms with van der Waals surface area (Å²) < 4.78 is 10.1. The lowest BCUT2D eigenvalue weighted by Crippen LogP contribution is -2.36. The number of ether oxygens (including phenoxy) is 2. The van der Waals surface area contributed by atoms with E-state index >= 15 is 0 Å². The predicted molar refractivity (Wildman–Crippen MR) is 86.7 cm³/mol. The van der Waals surface area contributed by atoms with E-state index in [1.165, 1.54) is 12.8 Å². The molecule has 0 saturated carbocycles. The van der Waals surface area contributed by atoms with Gasteiger partial charge in [0.2, 0.25) is 5.91 Å². The number of amides is 1. The van der Waals surface area contributed by atoms with Crippen molar-refractivity contribution in [2.75, 3.05) is 49.8 Å². The second-order valence-electron chi connectivity index (χ2n) is 6.00. The SMILES string of the molecule is COC(=O)C1CC(=O)N(c2ccc(N3CCOCC3)c(C)c2)C1. The number of morpholine rings is 1. The van der Waals surface area contributed by atoms with Crippen LogP contribution in [0, 0.1) is 12.8 Å². The molecule has 0 aromatic heterocycles. The first kappa shape index (κ1) is 15.8. The number of methoxy groups -OCH3 is 1. The first-order valence-electron chi connectivity index (χ1n) is 7.91. The van der Waals surface area contributed by atoms with Gasteiger partial charge in [0, 0.05) is 37.4 Å². The molecule has 2 fully saturated rings. The van der Waals surface area contributed by atoms with E-state index in [9.17, 15) is 9.59 Å². The minimum atomic E-state index is -0.369. The Morgan fingerprint density at radius 3 is 2.70 bits per heavy atom. The lowest BCUT2D eigenvalue weighted by Gasteiger charge is -2.30. The Hall–Kier alpha value is -2.08. The second kappa shape index (κ2) is 6.58. The van der Waals surface area contributed by atoms with Gasteiger partial charge in [-0.05, 0) is 30.7 Å². The van der Waals surface area contributed by atoms with Crippen LogP contribution in [0.5, 0.6) is 0 Å². The molecule has 0 radical (unpaired) electrons. The van der Waals surface area contributed by atoms with Crippen LogP contribution in [-0.2, 0) is 19.1 Å². The average Bonchev–Trinajstić information content (AvgIpc) is 2.96. The van der Waals surface area contributed by atoms with E-state index in [1.807, 2.05) is 19.1 Å². The molecule has 0 N–H and O–H groups in total. The Balaban J connectivity index is 1.77. The highest BCUT2D eigenvalue weighted by Crippen LogP contribution is 2.30. The molecule has 0 spiro atoms. The summed E-state index contributed by atoms with van der Waals surface area (Å²) in [5.41, 5.74) is 3.14. The van der Waals surface area contributed by atoms with Crippen LogP contribution in [0.2, 0.25) is 0 Å². The smallest absolute Gasteiger partial charge is 0.311 e. The highest BCUT2D eigenvalue weighted by molar-refractivity contribution is 5.99. The first-order chi connectivity index (χ1) is 11.1. The van der Waals surface area contributed by atoms with Gasteiger partial charge in [-0.1, -0.05) is 0 Å². The molecule has 2 heterocycles. The molecule has 0 bridgehead atoms. The van der Waals surface area contributed by atoms with Crippen molar-refractivity contribution < 1.29 is 19.1 Å². The van der Waals surface area contributed by atoms with Crippen LogP contribution in [0.1, 0.15) is 12.0 Å². The van der Waals surface area contributed by atoms with Crippen LogP contribution in [-0.4, -0.2) is 51.8 Å². The van der Waals surface area contributed by atoms with E-state index in [4.69, 9.17) is 9.47 Å². The zero-order chi connectivity index (χ0) is 16.4. The second-order valence-corrected chi connectivity index (χ2v) is 6.00. The third-order valence-corrected chi connectivity index (χ3v) is 4.50. The Labute approximate surface area is 136 Å². The van der Waals surface area contributed by atoms with Crippen molar-refractivity contribution >= 4 is 23.3 Å². The number of hydrogen-bond acceptors (Lipinski definition) is 5. The van der Waals surface area contributed by atoms with Gasteiger partial charge in [0.25, 0.3) is 0 Å². The molecule has 1 aromatic rings. The molecule has 3 rings (SSSR count). The monoisotopic (exact) mass is 318 g/mol. The molecule has 0 aliphatic carbocycles. The molecular weight excluding hydrogens is 296 g/mol. The van der Waals surface area contributed by atoms with E-state index in [2.05, 4.69) is 11.0 Å². The van der Waals surface area contributed by atoms with E-state index in [-0.39, 0.29) is 24.2 Å². The number of anilines is 2. The summed E-state index contributed by atoms with van der Waals surface area (Å²) in [5.74, 6) is -0.715. The fourth-order valence-electron chi connectivity index (χ4n) is 3.25. The van der Waals surface area contributed by atoms with Gasteiger partial charge in [-0.25, -0.2) is 0 Å². The number of hydrogen-bond donors (Lipinski definition) is 0. The lowest BCUT2D eigenvalue weighted by molar-refractivity contribution is -0.145. The fraction of sp³-hybridized carbons (Fsp3) is 0.529. The van der Waals surface area contributed by atoms with Crippen molar-refractivity contribution in [2.45, 2.75) is 13.3 Å². The summed E-state index contributed by atoms with van der Waals surface area (Å²) in [5, 5.41) is 0. The maximum Gasteiger partial charge on any atom is 0.311 e. The zero-order valence-corrected chi connectivity index (χ0v) is 13.6. The molecule has 2 aliphatic rings. The summed E-state index contributed by atoms with van der Waals surface area (Å²) in [6.07, 6.45) is 0.219. The van der Waals surface area contributed by atoms with Gasteiger partial charge in [-0.15, -0.1) is 0 Å². The van der Waals surface area contributed by atoms with Crippen molar-refractivity contribution in [2.24, 2.45) is 5.92 Å². The van der Waals surface area contributed by atoms with Crippen LogP contribution in [0.3, 0.4) is 0 Å². The van der Waals surface area contributed by atoms with Gasteiger partial charge < -0.3 is 19.3 Å². The van der Waals surface area contributed by atoms with Crippen molar-refractivity contribution in [3.8, 4) is 0 Å². The standard InChI is InChI=1S/C17H22N2O4/c1-12-9-14(3-4-15(12)18-5-7-23-8-6-18)19-11-13(10-16(19)20)17(21)22-2/h3-4,9,13H,5-8,10-11H2,1-2H3. The third kappa shape index (κ3) is 3.17. The summed E-state index contributed by atoms with van der Waals surface area (Å²) in [4.78, 5) is 27.8. The lowest BCUT2D eigenvalue weighted by atomic mass is 10.1. The van der Waals surface area contributed by atoms with E-state index in [0.29, 0.717) is 6.54 Å².